The van der Waals surface area contributed by atoms with E-state index < -0.39 is 11.7 Å². The highest BCUT2D eigenvalue weighted by Crippen LogP contribution is 2.35. The molecule has 12 heteroatoms. The molecule has 7 nitrogen and oxygen atoms in total. The summed E-state index contributed by atoms with van der Waals surface area (Å²) >= 11 is 6.62. The molecule has 190 valence electrons. The number of alkyl halides is 3. The average Bonchev–Trinajstić information content (AvgIpc) is 3.32. The van der Waals surface area contributed by atoms with Gasteiger partial charge in [-0.05, 0) is 60.3 Å². The average molecular weight is 539 g/mol. The van der Waals surface area contributed by atoms with Crippen molar-refractivity contribution in [1.82, 2.24) is 19.6 Å². The minimum atomic E-state index is -4.55. The first kappa shape index (κ1) is 26.2. The number of hydrogen-bond acceptors (Lipinski definition) is 6. The molecule has 1 saturated heterocycles. The molecule has 0 saturated carbocycles. The summed E-state index contributed by atoms with van der Waals surface area (Å²) < 4.78 is 41.9. The van der Waals surface area contributed by atoms with Gasteiger partial charge in [-0.25, -0.2) is 0 Å². The van der Waals surface area contributed by atoms with Crippen LogP contribution in [0.25, 0.3) is 17.0 Å². The minimum Gasteiger partial charge on any atom is -0.395 e. The van der Waals surface area contributed by atoms with Crippen LogP contribution in [0.3, 0.4) is 0 Å². The summed E-state index contributed by atoms with van der Waals surface area (Å²) in [6.45, 7) is 0.990. The topological polar surface area (TPSA) is 78.7 Å². The second kappa shape index (κ2) is 10.6. The van der Waals surface area contributed by atoms with E-state index in [9.17, 15) is 22.8 Å². The number of nitrogens with zero attached hydrogens (tertiary/aromatic N) is 4. The van der Waals surface area contributed by atoms with Gasteiger partial charge in [0.15, 0.2) is 0 Å². The molecule has 1 aromatic heterocycles. The Morgan fingerprint density at radius 1 is 1.17 bits per heavy atom. The van der Waals surface area contributed by atoms with Crippen molar-refractivity contribution >= 4 is 51.5 Å². The molecule has 0 spiro atoms. The first-order valence-electron chi connectivity index (χ1n) is 10.9. The van der Waals surface area contributed by atoms with Crippen LogP contribution in [0.4, 0.5) is 18.0 Å². The van der Waals surface area contributed by atoms with Crippen LogP contribution < -0.4 is 0 Å². The first-order valence-corrected chi connectivity index (χ1v) is 12.1. The number of fused-ring (bicyclic) bond motifs is 1. The highest BCUT2D eigenvalue weighted by Gasteiger charge is 2.35. The quantitative estimate of drug-likeness (QED) is 0.418. The molecule has 3 aromatic rings. The van der Waals surface area contributed by atoms with Crippen molar-refractivity contribution < 1.29 is 27.9 Å². The summed E-state index contributed by atoms with van der Waals surface area (Å²) in [5.74, 6) is -0.388. The summed E-state index contributed by atoms with van der Waals surface area (Å²) in [5, 5.41) is 13.5. The molecule has 0 bridgehead atoms. The van der Waals surface area contributed by atoms with Crippen LogP contribution in [0.2, 0.25) is 5.02 Å². The third kappa shape index (κ3) is 5.75. The molecule has 0 unspecified atom stereocenters. The van der Waals surface area contributed by atoms with Crippen molar-refractivity contribution in [2.24, 2.45) is 0 Å². The van der Waals surface area contributed by atoms with Gasteiger partial charge in [0.2, 0.25) is 0 Å². The Balaban J connectivity index is 1.53. The number of carbonyl (C=O) groups excluding carboxylic acids is 2. The van der Waals surface area contributed by atoms with Gasteiger partial charge in [0.05, 0.1) is 35.3 Å². The Bertz CT molecular complexity index is 1340. The maximum atomic E-state index is 13.5. The Morgan fingerprint density at radius 3 is 2.67 bits per heavy atom. The minimum absolute atomic E-state index is 0.00244. The molecule has 2 amide bonds. The highest BCUT2D eigenvalue weighted by molar-refractivity contribution is 8.18. The van der Waals surface area contributed by atoms with Gasteiger partial charge in [0.25, 0.3) is 11.1 Å². The van der Waals surface area contributed by atoms with E-state index in [1.807, 2.05) is 4.90 Å². The van der Waals surface area contributed by atoms with Crippen molar-refractivity contribution in [1.29, 1.82) is 0 Å². The summed E-state index contributed by atoms with van der Waals surface area (Å²) in [6.07, 6.45) is -1.40. The molecule has 0 aliphatic carbocycles. The zero-order valence-electron chi connectivity index (χ0n) is 19.1. The number of benzene rings is 2. The number of aliphatic hydroxyl groups excluding tert-OH is 1. The molecular formula is C24H22ClF3N4O3S. The number of aliphatic hydroxyl groups is 1. The largest absolute Gasteiger partial charge is 0.416 e. The number of rotatable bonds is 8. The molecule has 2 aromatic carbocycles. The van der Waals surface area contributed by atoms with Crippen molar-refractivity contribution in [2.45, 2.75) is 12.7 Å². The Morgan fingerprint density at radius 2 is 1.94 bits per heavy atom. The summed E-state index contributed by atoms with van der Waals surface area (Å²) in [4.78, 5) is 28.3. The van der Waals surface area contributed by atoms with Crippen LogP contribution >= 0.6 is 23.4 Å². The van der Waals surface area contributed by atoms with Crippen LogP contribution in [0.15, 0.2) is 47.5 Å². The highest BCUT2D eigenvalue weighted by atomic mass is 35.5. The lowest BCUT2D eigenvalue weighted by Gasteiger charge is -2.18. The van der Waals surface area contributed by atoms with E-state index in [4.69, 9.17) is 16.7 Å². The number of halogens is 4. The van der Waals surface area contributed by atoms with Crippen molar-refractivity contribution in [3.8, 4) is 0 Å². The number of likely N-dealkylation sites (N-methyl/N-ethyl adjacent to an activating group) is 1. The van der Waals surface area contributed by atoms with E-state index >= 15 is 0 Å². The summed E-state index contributed by atoms with van der Waals surface area (Å²) in [6, 6.07) is 8.84. The number of amides is 2. The van der Waals surface area contributed by atoms with Crippen molar-refractivity contribution in [3.63, 3.8) is 0 Å². The molecule has 1 aliphatic heterocycles. The normalized spacial score (nSPS) is 15.8. The fourth-order valence-corrected chi connectivity index (χ4v) is 4.87. The van der Waals surface area contributed by atoms with E-state index in [2.05, 4.69) is 5.10 Å². The Kier molecular flexibility index (Phi) is 7.74. The van der Waals surface area contributed by atoms with Gasteiger partial charge in [-0.1, -0.05) is 23.7 Å². The lowest BCUT2D eigenvalue weighted by Crippen LogP contribution is -2.36. The first-order chi connectivity index (χ1) is 17.1. The molecule has 36 heavy (non-hydrogen) atoms. The van der Waals surface area contributed by atoms with Gasteiger partial charge in [-0.15, -0.1) is 0 Å². The zero-order valence-corrected chi connectivity index (χ0v) is 20.7. The third-order valence-electron chi connectivity index (χ3n) is 5.72. The lowest BCUT2D eigenvalue weighted by molar-refractivity contribution is -0.138. The third-order valence-corrected chi connectivity index (χ3v) is 6.86. The Labute approximate surface area is 214 Å². The lowest BCUT2D eigenvalue weighted by atomic mass is 10.1. The molecule has 2 heterocycles. The van der Waals surface area contributed by atoms with E-state index in [-0.39, 0.29) is 46.3 Å². The smallest absolute Gasteiger partial charge is 0.395 e. The van der Waals surface area contributed by atoms with Crippen LogP contribution in [-0.4, -0.2) is 69.1 Å². The summed E-state index contributed by atoms with van der Waals surface area (Å²) in [5.41, 5.74) is 0.510. The SMILES string of the molecule is CN(CCO)CCN1C(=O)S/C(=C\c2ccc3c(cnn3Cc3ccc(Cl)cc3C(F)(F)F)c2)C1=O. The van der Waals surface area contributed by atoms with Crippen LogP contribution in [0.1, 0.15) is 16.7 Å². The van der Waals surface area contributed by atoms with E-state index in [0.717, 1.165) is 17.8 Å². The number of imide groups is 1. The second-order valence-electron chi connectivity index (χ2n) is 8.28. The number of aromatic nitrogens is 2. The second-order valence-corrected chi connectivity index (χ2v) is 9.71. The van der Waals surface area contributed by atoms with Crippen LogP contribution in [0.5, 0.6) is 0 Å². The predicted octanol–water partition coefficient (Wildman–Crippen LogP) is 4.72. The number of carbonyl (C=O) groups is 2. The van der Waals surface area contributed by atoms with Gasteiger partial charge < -0.3 is 10.0 Å². The molecular weight excluding hydrogens is 517 g/mol. The summed E-state index contributed by atoms with van der Waals surface area (Å²) in [7, 11) is 1.79. The monoisotopic (exact) mass is 538 g/mol. The van der Waals surface area contributed by atoms with Crippen molar-refractivity contribution in [2.75, 3.05) is 33.3 Å². The van der Waals surface area contributed by atoms with Gasteiger partial charge in [0, 0.05) is 30.0 Å². The Hall–Kier alpha value is -2.86. The van der Waals surface area contributed by atoms with Gasteiger partial charge in [0.1, 0.15) is 0 Å². The zero-order chi connectivity index (χ0) is 26.0. The van der Waals surface area contributed by atoms with Gasteiger partial charge in [-0.2, -0.15) is 18.3 Å². The van der Waals surface area contributed by atoms with Gasteiger partial charge in [-0.3, -0.25) is 19.2 Å². The molecule has 1 fully saturated rings. The molecule has 4 rings (SSSR count). The molecule has 0 radical (unpaired) electrons. The van der Waals surface area contributed by atoms with E-state index in [1.165, 1.54) is 21.7 Å². The van der Waals surface area contributed by atoms with E-state index in [1.54, 1.807) is 37.5 Å². The predicted molar refractivity (Wildman–Crippen MR) is 133 cm³/mol. The van der Waals surface area contributed by atoms with Crippen molar-refractivity contribution in [3.05, 3.63) is 69.2 Å². The number of thioether (sulfide) groups is 1. The standard InChI is InChI=1S/C24H22ClF3N4O3S/c1-30(8-9-33)6-7-31-22(34)21(36-23(31)35)11-15-2-5-20-17(10-15)13-29-32(20)14-16-3-4-18(25)12-19(16)24(26,27)28/h2-5,10-13,33H,6-9,14H2,1H3/b21-11-. The van der Waals surface area contributed by atoms with Crippen LogP contribution in [-0.2, 0) is 17.5 Å². The van der Waals surface area contributed by atoms with Crippen LogP contribution in [0, 0.1) is 0 Å². The van der Waals surface area contributed by atoms with E-state index in [0.29, 0.717) is 29.6 Å². The number of hydrogen-bond donors (Lipinski definition) is 1. The maximum absolute atomic E-state index is 13.5. The fraction of sp³-hybridized carbons (Fsp3) is 0.292. The van der Waals surface area contributed by atoms with Gasteiger partial charge >= 0.3 is 6.18 Å². The maximum Gasteiger partial charge on any atom is 0.416 e. The fourth-order valence-electron chi connectivity index (χ4n) is 3.83. The molecule has 1 N–H and O–H groups in total. The molecule has 1 aliphatic rings. The molecule has 0 atom stereocenters.